The molecule has 7 nitrogen and oxygen atoms in total. The van der Waals surface area contributed by atoms with Gasteiger partial charge in [0.15, 0.2) is 5.82 Å². The molecule has 3 rings (SSSR count). The van der Waals surface area contributed by atoms with Crippen LogP contribution in [0.25, 0.3) is 16.9 Å². The zero-order valence-electron chi connectivity index (χ0n) is 10.0. The number of fused-ring (bicyclic) bond motifs is 1. The van der Waals surface area contributed by atoms with Crippen LogP contribution in [0, 0.1) is 17.0 Å². The highest BCUT2D eigenvalue weighted by Gasteiger charge is 2.14. The van der Waals surface area contributed by atoms with E-state index in [1.807, 2.05) is 24.3 Å². The van der Waals surface area contributed by atoms with Crippen LogP contribution in [0.5, 0.6) is 0 Å². The molecule has 3 aromatic rings. The molecule has 0 saturated heterocycles. The quantitative estimate of drug-likeness (QED) is 0.516. The number of para-hydroxylation sites is 1. The Balaban J connectivity index is 2.17. The molecule has 19 heavy (non-hydrogen) atoms. The number of pyridine rings is 1. The third kappa shape index (κ3) is 1.81. The van der Waals surface area contributed by atoms with Crippen molar-refractivity contribution in [3.8, 4) is 5.82 Å². The molecule has 7 heteroatoms. The van der Waals surface area contributed by atoms with Crippen LogP contribution in [0.1, 0.15) is 5.69 Å². The molecule has 2 aromatic heterocycles. The van der Waals surface area contributed by atoms with Gasteiger partial charge in [0, 0.05) is 6.07 Å². The summed E-state index contributed by atoms with van der Waals surface area (Å²) < 4.78 is 1.56. The molecular weight excluding hydrogens is 246 g/mol. The molecule has 0 spiro atoms. The third-order valence-corrected chi connectivity index (χ3v) is 2.81. The van der Waals surface area contributed by atoms with E-state index in [0.717, 1.165) is 11.0 Å². The number of nitrogens with zero attached hydrogens (tertiary/aromatic N) is 5. The van der Waals surface area contributed by atoms with Crippen molar-refractivity contribution in [3.05, 3.63) is 52.2 Å². The lowest BCUT2D eigenvalue weighted by molar-refractivity contribution is -0.385. The second-order valence-corrected chi connectivity index (χ2v) is 4.02. The number of rotatable bonds is 2. The van der Waals surface area contributed by atoms with Gasteiger partial charge in [-0.15, -0.1) is 5.10 Å². The molecule has 0 radical (unpaired) electrons. The second-order valence-electron chi connectivity index (χ2n) is 4.02. The Kier molecular flexibility index (Phi) is 2.45. The fourth-order valence-corrected chi connectivity index (χ4v) is 1.89. The smallest absolute Gasteiger partial charge is 0.258 e. The molecule has 2 heterocycles. The van der Waals surface area contributed by atoms with Crippen molar-refractivity contribution in [1.29, 1.82) is 0 Å². The van der Waals surface area contributed by atoms with Crippen LogP contribution in [0.2, 0.25) is 0 Å². The monoisotopic (exact) mass is 255 g/mol. The van der Waals surface area contributed by atoms with Gasteiger partial charge in [-0.3, -0.25) is 10.1 Å². The number of hydrogen-bond donors (Lipinski definition) is 0. The van der Waals surface area contributed by atoms with Crippen LogP contribution in [0.3, 0.4) is 0 Å². The molecule has 0 fully saturated rings. The summed E-state index contributed by atoms with van der Waals surface area (Å²) in [6.07, 6.45) is 0. The predicted octanol–water partition coefficient (Wildman–Crippen LogP) is 2.03. The normalized spacial score (nSPS) is 10.8. The van der Waals surface area contributed by atoms with Crippen molar-refractivity contribution in [3.63, 3.8) is 0 Å². The van der Waals surface area contributed by atoms with Crippen LogP contribution in [0.15, 0.2) is 36.4 Å². The second kappa shape index (κ2) is 4.13. The standard InChI is InChI=1S/C12H9N5O2/c1-8-10(17(18)19)6-7-12(13-8)16-11-5-3-2-4-9(11)14-15-16/h2-7H,1H3. The summed E-state index contributed by atoms with van der Waals surface area (Å²) in [5.41, 5.74) is 1.90. The van der Waals surface area contributed by atoms with Crippen molar-refractivity contribution >= 4 is 16.7 Å². The van der Waals surface area contributed by atoms with Gasteiger partial charge in [0.2, 0.25) is 0 Å². The highest BCUT2D eigenvalue weighted by Crippen LogP contribution is 2.19. The Hall–Kier alpha value is -2.83. The SMILES string of the molecule is Cc1nc(-n2nnc3ccccc32)ccc1[N+](=O)[O-]. The maximum Gasteiger partial charge on any atom is 0.290 e. The first-order chi connectivity index (χ1) is 9.16. The van der Waals surface area contributed by atoms with E-state index in [4.69, 9.17) is 0 Å². The highest BCUT2D eigenvalue weighted by molar-refractivity contribution is 5.75. The van der Waals surface area contributed by atoms with Crippen molar-refractivity contribution in [2.75, 3.05) is 0 Å². The zero-order chi connectivity index (χ0) is 13.4. The van der Waals surface area contributed by atoms with E-state index >= 15 is 0 Å². The Morgan fingerprint density at radius 2 is 2.00 bits per heavy atom. The van der Waals surface area contributed by atoms with E-state index in [2.05, 4.69) is 15.3 Å². The molecule has 0 amide bonds. The van der Waals surface area contributed by atoms with E-state index in [0.29, 0.717) is 11.5 Å². The van der Waals surface area contributed by atoms with Crippen LogP contribution in [0.4, 0.5) is 5.69 Å². The van der Waals surface area contributed by atoms with Gasteiger partial charge in [0.1, 0.15) is 11.2 Å². The van der Waals surface area contributed by atoms with Gasteiger partial charge in [-0.05, 0) is 25.1 Å². The molecule has 0 N–H and O–H groups in total. The molecule has 0 unspecified atom stereocenters. The maximum atomic E-state index is 10.8. The van der Waals surface area contributed by atoms with E-state index in [1.54, 1.807) is 17.7 Å². The first-order valence-corrected chi connectivity index (χ1v) is 5.59. The Bertz CT molecular complexity index is 781. The Labute approximate surface area is 107 Å². The predicted molar refractivity (Wildman–Crippen MR) is 68.1 cm³/mol. The van der Waals surface area contributed by atoms with Crippen LogP contribution in [-0.2, 0) is 0 Å². The first-order valence-electron chi connectivity index (χ1n) is 5.59. The van der Waals surface area contributed by atoms with Gasteiger partial charge >= 0.3 is 0 Å². The summed E-state index contributed by atoms with van der Waals surface area (Å²) >= 11 is 0. The van der Waals surface area contributed by atoms with Crippen molar-refractivity contribution < 1.29 is 4.92 Å². The molecule has 0 aliphatic carbocycles. The molecule has 0 saturated carbocycles. The van der Waals surface area contributed by atoms with Crippen LogP contribution < -0.4 is 0 Å². The Morgan fingerprint density at radius 1 is 1.21 bits per heavy atom. The van der Waals surface area contributed by atoms with Crippen molar-refractivity contribution in [2.45, 2.75) is 6.92 Å². The van der Waals surface area contributed by atoms with Gasteiger partial charge in [-0.1, -0.05) is 17.3 Å². The molecule has 1 aromatic carbocycles. The van der Waals surface area contributed by atoms with E-state index in [-0.39, 0.29) is 5.69 Å². The summed E-state index contributed by atoms with van der Waals surface area (Å²) in [5.74, 6) is 0.511. The minimum absolute atomic E-state index is 0.00632. The van der Waals surface area contributed by atoms with Crippen molar-refractivity contribution in [2.24, 2.45) is 0 Å². The molecule has 0 aliphatic heterocycles. The van der Waals surface area contributed by atoms with Crippen LogP contribution in [-0.4, -0.2) is 24.9 Å². The Morgan fingerprint density at radius 3 is 2.74 bits per heavy atom. The molecule has 0 bridgehead atoms. The third-order valence-electron chi connectivity index (χ3n) is 2.81. The topological polar surface area (TPSA) is 86.7 Å². The average molecular weight is 255 g/mol. The molecule has 0 aliphatic rings. The largest absolute Gasteiger partial charge is 0.290 e. The number of hydrogen-bond acceptors (Lipinski definition) is 5. The molecular formula is C12H9N5O2. The van der Waals surface area contributed by atoms with E-state index in [9.17, 15) is 10.1 Å². The summed E-state index contributed by atoms with van der Waals surface area (Å²) in [4.78, 5) is 14.5. The molecule has 94 valence electrons. The summed E-state index contributed by atoms with van der Waals surface area (Å²) in [5, 5.41) is 18.8. The van der Waals surface area contributed by atoms with Crippen molar-refractivity contribution in [1.82, 2.24) is 20.0 Å². The first kappa shape index (κ1) is 11.3. The lowest BCUT2D eigenvalue weighted by Gasteiger charge is -2.02. The van der Waals surface area contributed by atoms with Gasteiger partial charge < -0.3 is 0 Å². The fourth-order valence-electron chi connectivity index (χ4n) is 1.89. The highest BCUT2D eigenvalue weighted by atomic mass is 16.6. The van der Waals surface area contributed by atoms with Gasteiger partial charge in [0.05, 0.1) is 10.4 Å². The number of aromatic nitrogens is 4. The van der Waals surface area contributed by atoms with E-state index in [1.165, 1.54) is 6.07 Å². The zero-order valence-corrected chi connectivity index (χ0v) is 10.0. The van der Waals surface area contributed by atoms with E-state index < -0.39 is 4.92 Å². The van der Waals surface area contributed by atoms with Gasteiger partial charge in [-0.25, -0.2) is 4.98 Å². The number of nitro groups is 1. The lowest BCUT2D eigenvalue weighted by atomic mass is 10.3. The summed E-state index contributed by atoms with van der Waals surface area (Å²) in [7, 11) is 0. The molecule has 0 atom stereocenters. The summed E-state index contributed by atoms with van der Waals surface area (Å²) in [6.45, 7) is 1.60. The number of aryl methyl sites for hydroxylation is 1. The van der Waals surface area contributed by atoms with Crippen LogP contribution >= 0.6 is 0 Å². The minimum atomic E-state index is -0.453. The maximum absolute atomic E-state index is 10.8. The number of benzene rings is 1. The minimum Gasteiger partial charge on any atom is -0.258 e. The van der Waals surface area contributed by atoms with Gasteiger partial charge in [-0.2, -0.15) is 4.68 Å². The summed E-state index contributed by atoms with van der Waals surface area (Å²) in [6, 6.07) is 10.4. The fraction of sp³-hybridized carbons (Fsp3) is 0.0833. The van der Waals surface area contributed by atoms with Gasteiger partial charge in [0.25, 0.3) is 5.69 Å². The lowest BCUT2D eigenvalue weighted by Crippen LogP contribution is -2.03. The average Bonchev–Trinajstić information content (AvgIpc) is 2.82.